The maximum absolute atomic E-state index is 6.18. The smallest absolute Gasteiger partial charge is 0.123 e. The lowest BCUT2D eigenvalue weighted by Gasteiger charge is -2.16. The Morgan fingerprint density at radius 1 is 1.37 bits per heavy atom. The molecular formula is C15H19ClN2O. The molecule has 0 bridgehead atoms. The van der Waals surface area contributed by atoms with Crippen LogP contribution in [0.1, 0.15) is 30.9 Å². The second kappa shape index (κ2) is 6.11. The summed E-state index contributed by atoms with van der Waals surface area (Å²) in [6.45, 7) is 7.69. The van der Waals surface area contributed by atoms with E-state index in [0.717, 1.165) is 28.4 Å². The van der Waals surface area contributed by atoms with Gasteiger partial charge in [0, 0.05) is 17.4 Å². The number of halogens is 1. The molecule has 0 unspecified atom stereocenters. The van der Waals surface area contributed by atoms with Gasteiger partial charge in [-0.1, -0.05) is 25.4 Å². The van der Waals surface area contributed by atoms with Crippen LogP contribution in [0.5, 0.6) is 5.75 Å². The number of rotatable bonds is 5. The van der Waals surface area contributed by atoms with Crippen molar-refractivity contribution >= 4 is 11.6 Å². The van der Waals surface area contributed by atoms with Crippen molar-refractivity contribution in [2.45, 2.75) is 33.2 Å². The Kier molecular flexibility index (Phi) is 4.48. The third-order valence-electron chi connectivity index (χ3n) is 3.08. The van der Waals surface area contributed by atoms with Crippen LogP contribution in [0, 0.1) is 6.92 Å². The number of aryl methyl sites for hydroxylation is 1. The summed E-state index contributed by atoms with van der Waals surface area (Å²) >= 11 is 6.18. The van der Waals surface area contributed by atoms with Gasteiger partial charge in [0.05, 0.1) is 12.9 Å². The molecule has 4 heteroatoms. The zero-order valence-electron chi connectivity index (χ0n) is 11.6. The highest BCUT2D eigenvalue weighted by Gasteiger charge is 2.11. The van der Waals surface area contributed by atoms with Crippen LogP contribution in [0.25, 0.3) is 0 Å². The maximum Gasteiger partial charge on any atom is 0.123 e. The normalized spacial score (nSPS) is 11.0. The number of hydrogen-bond donors (Lipinski definition) is 0. The van der Waals surface area contributed by atoms with Crippen LogP contribution in [0.4, 0.5) is 0 Å². The standard InChI is InChI=1S/C15H19ClN2O/c1-11(2)13-9-14(16)12(3)8-15(13)19-7-6-18-5-4-17-10-18/h4-5,8-11H,6-7H2,1-3H3. The third kappa shape index (κ3) is 3.51. The quantitative estimate of drug-likeness (QED) is 0.825. The van der Waals surface area contributed by atoms with E-state index in [4.69, 9.17) is 16.3 Å². The van der Waals surface area contributed by atoms with Crippen molar-refractivity contribution in [2.24, 2.45) is 0 Å². The minimum absolute atomic E-state index is 0.390. The molecule has 0 spiro atoms. The molecule has 2 aromatic rings. The molecule has 2 rings (SSSR count). The molecule has 1 aromatic heterocycles. The highest BCUT2D eigenvalue weighted by Crippen LogP contribution is 2.31. The minimum atomic E-state index is 0.390. The fraction of sp³-hybridized carbons (Fsp3) is 0.400. The summed E-state index contributed by atoms with van der Waals surface area (Å²) in [5.41, 5.74) is 2.20. The van der Waals surface area contributed by atoms with Crippen molar-refractivity contribution < 1.29 is 4.74 Å². The van der Waals surface area contributed by atoms with E-state index < -0.39 is 0 Å². The van der Waals surface area contributed by atoms with Gasteiger partial charge >= 0.3 is 0 Å². The number of aromatic nitrogens is 2. The molecule has 1 heterocycles. The monoisotopic (exact) mass is 278 g/mol. The van der Waals surface area contributed by atoms with E-state index >= 15 is 0 Å². The molecule has 0 saturated heterocycles. The van der Waals surface area contributed by atoms with Crippen molar-refractivity contribution in [1.82, 2.24) is 9.55 Å². The first-order valence-electron chi connectivity index (χ1n) is 6.46. The van der Waals surface area contributed by atoms with Gasteiger partial charge < -0.3 is 9.30 Å². The van der Waals surface area contributed by atoms with Gasteiger partial charge in [-0.3, -0.25) is 0 Å². The van der Waals surface area contributed by atoms with Crippen LogP contribution >= 0.6 is 11.6 Å². The molecule has 19 heavy (non-hydrogen) atoms. The van der Waals surface area contributed by atoms with Crippen molar-refractivity contribution in [1.29, 1.82) is 0 Å². The van der Waals surface area contributed by atoms with Gasteiger partial charge in [0.15, 0.2) is 0 Å². The fourth-order valence-electron chi connectivity index (χ4n) is 1.93. The summed E-state index contributed by atoms with van der Waals surface area (Å²) in [5, 5.41) is 0.797. The number of hydrogen-bond acceptors (Lipinski definition) is 2. The highest BCUT2D eigenvalue weighted by atomic mass is 35.5. The van der Waals surface area contributed by atoms with E-state index in [0.29, 0.717) is 12.5 Å². The molecule has 0 atom stereocenters. The predicted molar refractivity (Wildman–Crippen MR) is 78.0 cm³/mol. The number of benzene rings is 1. The van der Waals surface area contributed by atoms with Gasteiger partial charge in [-0.25, -0.2) is 4.98 Å². The van der Waals surface area contributed by atoms with Crippen LogP contribution in [0.2, 0.25) is 5.02 Å². The summed E-state index contributed by atoms with van der Waals surface area (Å²) in [4.78, 5) is 4.01. The van der Waals surface area contributed by atoms with E-state index in [1.54, 1.807) is 12.5 Å². The molecule has 0 aliphatic carbocycles. The van der Waals surface area contributed by atoms with Crippen molar-refractivity contribution in [2.75, 3.05) is 6.61 Å². The summed E-state index contributed by atoms with van der Waals surface area (Å²) in [6.07, 6.45) is 5.49. The lowest BCUT2D eigenvalue weighted by Crippen LogP contribution is -2.08. The third-order valence-corrected chi connectivity index (χ3v) is 3.49. The Morgan fingerprint density at radius 3 is 2.79 bits per heavy atom. The van der Waals surface area contributed by atoms with Crippen LogP contribution in [-0.4, -0.2) is 16.2 Å². The lowest BCUT2D eigenvalue weighted by molar-refractivity contribution is 0.294. The zero-order chi connectivity index (χ0) is 13.8. The highest BCUT2D eigenvalue weighted by molar-refractivity contribution is 6.31. The molecule has 0 aliphatic heterocycles. The number of ether oxygens (including phenoxy) is 1. The van der Waals surface area contributed by atoms with Crippen LogP contribution in [0.15, 0.2) is 30.9 Å². The Hall–Kier alpha value is -1.48. The van der Waals surface area contributed by atoms with Gasteiger partial charge in [0.2, 0.25) is 0 Å². The Morgan fingerprint density at radius 2 is 2.16 bits per heavy atom. The second-order valence-electron chi connectivity index (χ2n) is 4.94. The molecule has 1 aromatic carbocycles. The Labute approximate surface area is 119 Å². The average molecular weight is 279 g/mol. The van der Waals surface area contributed by atoms with Gasteiger partial charge in [-0.2, -0.15) is 0 Å². The Bertz CT molecular complexity index is 535. The largest absolute Gasteiger partial charge is 0.491 e. The van der Waals surface area contributed by atoms with Crippen LogP contribution in [-0.2, 0) is 6.54 Å². The first-order valence-corrected chi connectivity index (χ1v) is 6.84. The fourth-order valence-corrected chi connectivity index (χ4v) is 2.10. The molecule has 0 fully saturated rings. The van der Waals surface area contributed by atoms with Gasteiger partial charge in [0.25, 0.3) is 0 Å². The molecular weight excluding hydrogens is 260 g/mol. The first-order chi connectivity index (χ1) is 9.08. The molecule has 0 saturated carbocycles. The summed E-state index contributed by atoms with van der Waals surface area (Å²) < 4.78 is 7.90. The van der Waals surface area contributed by atoms with Gasteiger partial charge in [0.1, 0.15) is 12.4 Å². The topological polar surface area (TPSA) is 27.1 Å². The SMILES string of the molecule is Cc1cc(OCCn2ccnc2)c(C(C)C)cc1Cl. The van der Waals surface area contributed by atoms with E-state index in [-0.39, 0.29) is 0 Å². The summed E-state index contributed by atoms with van der Waals surface area (Å²) in [7, 11) is 0. The van der Waals surface area contributed by atoms with Crippen LogP contribution < -0.4 is 4.74 Å². The molecule has 102 valence electrons. The van der Waals surface area contributed by atoms with Gasteiger partial charge in [-0.05, 0) is 36.1 Å². The Balaban J connectivity index is 2.08. The van der Waals surface area contributed by atoms with E-state index in [1.807, 2.05) is 29.8 Å². The predicted octanol–water partition coefficient (Wildman–Crippen LogP) is 4.05. The lowest BCUT2D eigenvalue weighted by atomic mass is 10.0. The molecule has 0 radical (unpaired) electrons. The van der Waals surface area contributed by atoms with E-state index in [1.165, 1.54) is 0 Å². The van der Waals surface area contributed by atoms with Crippen molar-refractivity contribution in [3.05, 3.63) is 47.0 Å². The molecule has 0 N–H and O–H groups in total. The van der Waals surface area contributed by atoms with Crippen molar-refractivity contribution in [3.63, 3.8) is 0 Å². The first kappa shape index (κ1) is 13.9. The van der Waals surface area contributed by atoms with Gasteiger partial charge in [-0.15, -0.1) is 0 Å². The molecule has 0 amide bonds. The molecule has 0 aliphatic rings. The number of nitrogens with zero attached hydrogens (tertiary/aromatic N) is 2. The zero-order valence-corrected chi connectivity index (χ0v) is 12.3. The maximum atomic E-state index is 6.18. The van der Waals surface area contributed by atoms with E-state index in [9.17, 15) is 0 Å². The number of imidazole rings is 1. The summed E-state index contributed by atoms with van der Waals surface area (Å²) in [5.74, 6) is 1.32. The van der Waals surface area contributed by atoms with Crippen molar-refractivity contribution in [3.8, 4) is 5.75 Å². The van der Waals surface area contributed by atoms with E-state index in [2.05, 4.69) is 18.8 Å². The summed E-state index contributed by atoms with van der Waals surface area (Å²) in [6, 6.07) is 4.03. The van der Waals surface area contributed by atoms with Crippen LogP contribution in [0.3, 0.4) is 0 Å². The second-order valence-corrected chi connectivity index (χ2v) is 5.35. The minimum Gasteiger partial charge on any atom is -0.491 e. The average Bonchev–Trinajstić information content (AvgIpc) is 2.86. The molecule has 3 nitrogen and oxygen atoms in total.